The summed E-state index contributed by atoms with van der Waals surface area (Å²) in [6, 6.07) is 10.4. The van der Waals surface area contributed by atoms with E-state index >= 15 is 0 Å². The second kappa shape index (κ2) is 10.6. The number of phenolic OH excluding ortho intramolecular Hbond substituents is 2. The average Bonchev–Trinajstić information content (AvgIpc) is 2.77. The third kappa shape index (κ3) is 5.59. The van der Waals surface area contributed by atoms with Crippen molar-refractivity contribution in [2.75, 3.05) is 38.1 Å². The van der Waals surface area contributed by atoms with E-state index in [2.05, 4.69) is 20.6 Å². The highest BCUT2D eigenvalue weighted by Gasteiger charge is 2.14. The lowest BCUT2D eigenvalue weighted by atomic mass is 10.1. The topological polar surface area (TPSA) is 109 Å². The number of nitrogens with one attached hydrogen (secondary N) is 2. The van der Waals surface area contributed by atoms with Gasteiger partial charge in [-0.2, -0.15) is 4.98 Å². The molecule has 0 unspecified atom stereocenters. The number of benzene rings is 2. The predicted octanol–water partition coefficient (Wildman–Crippen LogP) is 3.89. The van der Waals surface area contributed by atoms with Crippen LogP contribution in [0.3, 0.4) is 0 Å². The van der Waals surface area contributed by atoms with E-state index in [0.29, 0.717) is 48.6 Å². The number of nitrogens with zero attached hydrogens (tertiary/aromatic N) is 2. The highest BCUT2D eigenvalue weighted by Crippen LogP contribution is 2.32. The van der Waals surface area contributed by atoms with Gasteiger partial charge in [0.2, 0.25) is 5.95 Å². The number of rotatable bonds is 10. The number of ether oxygens (including phenoxy) is 2. The predicted molar refractivity (Wildman–Crippen MR) is 116 cm³/mol. The van der Waals surface area contributed by atoms with Crippen LogP contribution in [0.5, 0.6) is 11.5 Å². The van der Waals surface area contributed by atoms with E-state index < -0.39 is 5.82 Å². The van der Waals surface area contributed by atoms with Gasteiger partial charge in [0.15, 0.2) is 11.6 Å². The SMILES string of the molecule is COCCc1cccc(Nc2ncc(F)c(Nc3cccc(CCOC)c3O)n2)c1O. The van der Waals surface area contributed by atoms with Gasteiger partial charge in [0, 0.05) is 14.2 Å². The van der Waals surface area contributed by atoms with Gasteiger partial charge < -0.3 is 30.3 Å². The molecule has 0 atom stereocenters. The number of halogens is 1. The van der Waals surface area contributed by atoms with Gasteiger partial charge in [0.1, 0.15) is 11.5 Å². The fraction of sp³-hybridized carbons (Fsp3) is 0.273. The van der Waals surface area contributed by atoms with Crippen LogP contribution in [0.4, 0.5) is 27.5 Å². The first-order valence-electron chi connectivity index (χ1n) is 9.69. The summed E-state index contributed by atoms with van der Waals surface area (Å²) in [5.74, 6) is -0.684. The molecular formula is C22H25FN4O4. The molecule has 0 spiro atoms. The van der Waals surface area contributed by atoms with Crippen LogP contribution in [-0.2, 0) is 22.3 Å². The minimum atomic E-state index is -0.690. The van der Waals surface area contributed by atoms with Crippen LogP contribution in [0.15, 0.2) is 42.6 Å². The van der Waals surface area contributed by atoms with Crippen LogP contribution in [0, 0.1) is 5.82 Å². The minimum Gasteiger partial charge on any atom is -0.505 e. The van der Waals surface area contributed by atoms with Crippen molar-refractivity contribution in [1.82, 2.24) is 9.97 Å². The van der Waals surface area contributed by atoms with Gasteiger partial charge in [-0.05, 0) is 36.1 Å². The van der Waals surface area contributed by atoms with E-state index in [1.807, 2.05) is 0 Å². The monoisotopic (exact) mass is 428 g/mol. The molecule has 0 aliphatic carbocycles. The molecule has 0 fully saturated rings. The maximum absolute atomic E-state index is 14.3. The van der Waals surface area contributed by atoms with Crippen molar-refractivity contribution < 1.29 is 24.1 Å². The highest BCUT2D eigenvalue weighted by atomic mass is 19.1. The third-order valence-electron chi connectivity index (χ3n) is 4.63. The molecule has 1 heterocycles. The molecule has 9 heteroatoms. The van der Waals surface area contributed by atoms with Crippen LogP contribution >= 0.6 is 0 Å². The molecule has 164 valence electrons. The number of para-hydroxylation sites is 2. The normalized spacial score (nSPS) is 10.8. The van der Waals surface area contributed by atoms with Crippen molar-refractivity contribution in [3.63, 3.8) is 0 Å². The molecule has 0 bridgehead atoms. The summed E-state index contributed by atoms with van der Waals surface area (Å²) in [6.07, 6.45) is 2.05. The number of hydrogen-bond donors (Lipinski definition) is 4. The number of phenols is 2. The zero-order valence-electron chi connectivity index (χ0n) is 17.4. The summed E-state index contributed by atoms with van der Waals surface area (Å²) < 4.78 is 24.4. The van der Waals surface area contributed by atoms with Gasteiger partial charge in [-0.1, -0.05) is 24.3 Å². The fourth-order valence-electron chi connectivity index (χ4n) is 2.97. The average molecular weight is 428 g/mol. The number of methoxy groups -OCH3 is 2. The molecule has 3 rings (SSSR count). The van der Waals surface area contributed by atoms with Gasteiger partial charge in [-0.15, -0.1) is 0 Å². The summed E-state index contributed by atoms with van der Waals surface area (Å²) in [6.45, 7) is 0.908. The van der Waals surface area contributed by atoms with E-state index in [1.54, 1.807) is 50.6 Å². The standard InChI is InChI=1S/C22H25FN4O4/c1-30-11-9-14-5-3-7-17(19(14)28)25-21-16(23)13-24-22(27-21)26-18-8-4-6-15(20(18)29)10-12-31-2/h3-8,13,28-29H,9-12H2,1-2H3,(H2,24,25,26,27). The van der Waals surface area contributed by atoms with Crippen molar-refractivity contribution in [1.29, 1.82) is 0 Å². The largest absolute Gasteiger partial charge is 0.505 e. The van der Waals surface area contributed by atoms with Gasteiger partial charge in [0.05, 0.1) is 30.8 Å². The van der Waals surface area contributed by atoms with E-state index in [-0.39, 0.29) is 23.3 Å². The Labute approximate surface area is 179 Å². The first kappa shape index (κ1) is 22.3. The molecular weight excluding hydrogens is 403 g/mol. The Morgan fingerprint density at radius 2 is 1.42 bits per heavy atom. The van der Waals surface area contributed by atoms with Crippen LogP contribution in [0.1, 0.15) is 11.1 Å². The summed E-state index contributed by atoms with van der Waals surface area (Å²) in [5, 5.41) is 26.6. The Kier molecular flexibility index (Phi) is 7.58. The zero-order valence-corrected chi connectivity index (χ0v) is 17.4. The molecule has 2 aromatic carbocycles. The molecule has 3 aromatic rings. The second-order valence-corrected chi connectivity index (χ2v) is 6.75. The van der Waals surface area contributed by atoms with Gasteiger partial charge in [-0.25, -0.2) is 9.37 Å². The van der Waals surface area contributed by atoms with Crippen molar-refractivity contribution in [2.45, 2.75) is 12.8 Å². The minimum absolute atomic E-state index is 0.00411. The lowest BCUT2D eigenvalue weighted by Gasteiger charge is -2.14. The maximum atomic E-state index is 14.3. The zero-order chi connectivity index (χ0) is 22.2. The highest BCUT2D eigenvalue weighted by molar-refractivity contribution is 5.68. The molecule has 0 saturated carbocycles. The van der Waals surface area contributed by atoms with Gasteiger partial charge in [-0.3, -0.25) is 0 Å². The van der Waals surface area contributed by atoms with Crippen molar-refractivity contribution >= 4 is 23.1 Å². The van der Waals surface area contributed by atoms with Crippen LogP contribution in [-0.4, -0.2) is 47.6 Å². The first-order chi connectivity index (χ1) is 15.0. The lowest BCUT2D eigenvalue weighted by Crippen LogP contribution is -2.05. The number of hydrogen-bond acceptors (Lipinski definition) is 8. The number of aromatic hydroxyl groups is 2. The smallest absolute Gasteiger partial charge is 0.229 e. The van der Waals surface area contributed by atoms with Gasteiger partial charge >= 0.3 is 0 Å². The van der Waals surface area contributed by atoms with Crippen LogP contribution in [0.2, 0.25) is 0 Å². The van der Waals surface area contributed by atoms with Gasteiger partial charge in [0.25, 0.3) is 0 Å². The van der Waals surface area contributed by atoms with Crippen molar-refractivity contribution in [3.05, 3.63) is 59.5 Å². The summed E-state index contributed by atoms with van der Waals surface area (Å²) >= 11 is 0. The molecule has 0 aliphatic heterocycles. The third-order valence-corrected chi connectivity index (χ3v) is 4.63. The lowest BCUT2D eigenvalue weighted by molar-refractivity contribution is 0.201. The van der Waals surface area contributed by atoms with E-state index in [1.165, 1.54) is 0 Å². The molecule has 31 heavy (non-hydrogen) atoms. The summed E-state index contributed by atoms with van der Waals surface area (Å²) in [5.41, 5.74) is 2.06. The molecule has 0 amide bonds. The number of aromatic nitrogens is 2. The molecule has 0 aliphatic rings. The molecule has 4 N–H and O–H groups in total. The Balaban J connectivity index is 1.82. The molecule has 8 nitrogen and oxygen atoms in total. The Bertz CT molecular complexity index is 1030. The maximum Gasteiger partial charge on any atom is 0.229 e. The first-order valence-corrected chi connectivity index (χ1v) is 9.69. The molecule has 0 saturated heterocycles. The van der Waals surface area contributed by atoms with Crippen LogP contribution < -0.4 is 10.6 Å². The Hall–Kier alpha value is -3.43. The Morgan fingerprint density at radius 1 is 0.871 bits per heavy atom. The van der Waals surface area contributed by atoms with Crippen molar-refractivity contribution in [2.24, 2.45) is 0 Å². The number of anilines is 4. The van der Waals surface area contributed by atoms with E-state index in [4.69, 9.17) is 9.47 Å². The Morgan fingerprint density at radius 3 is 1.97 bits per heavy atom. The second-order valence-electron chi connectivity index (χ2n) is 6.75. The fourth-order valence-corrected chi connectivity index (χ4v) is 2.97. The van der Waals surface area contributed by atoms with E-state index in [9.17, 15) is 14.6 Å². The molecule has 0 radical (unpaired) electrons. The van der Waals surface area contributed by atoms with Crippen molar-refractivity contribution in [3.8, 4) is 11.5 Å². The van der Waals surface area contributed by atoms with E-state index in [0.717, 1.165) is 6.20 Å². The van der Waals surface area contributed by atoms with Crippen LogP contribution in [0.25, 0.3) is 0 Å². The summed E-state index contributed by atoms with van der Waals surface area (Å²) in [4.78, 5) is 8.09. The molecule has 1 aromatic heterocycles. The quantitative estimate of drug-likeness (QED) is 0.360. The summed E-state index contributed by atoms with van der Waals surface area (Å²) in [7, 11) is 3.17.